The van der Waals surface area contributed by atoms with Crippen molar-refractivity contribution in [2.24, 2.45) is 0 Å². The average Bonchev–Trinajstić information content (AvgIpc) is 2.38. The normalized spacial score (nSPS) is 11.3. The number of aryl methyl sites for hydroxylation is 1. The molecule has 0 fully saturated rings. The molecule has 0 saturated heterocycles. The van der Waals surface area contributed by atoms with E-state index >= 15 is 0 Å². The lowest BCUT2D eigenvalue weighted by atomic mass is 10.2. The van der Waals surface area contributed by atoms with Gasteiger partial charge in [-0.3, -0.25) is 4.72 Å². The summed E-state index contributed by atoms with van der Waals surface area (Å²) in [4.78, 5) is -0.154. The molecule has 4 nitrogen and oxygen atoms in total. The van der Waals surface area contributed by atoms with E-state index in [1.807, 2.05) is 0 Å². The van der Waals surface area contributed by atoms with Crippen LogP contribution in [0, 0.1) is 18.6 Å². The molecule has 0 aliphatic carbocycles. The molecule has 0 unspecified atom stereocenters. The van der Waals surface area contributed by atoms with Crippen LogP contribution >= 0.6 is 0 Å². The molecule has 3 N–H and O–H groups in total. The zero-order valence-corrected chi connectivity index (χ0v) is 11.3. The predicted octanol–water partition coefficient (Wildman–Crippen LogP) is 2.66. The van der Waals surface area contributed by atoms with E-state index in [9.17, 15) is 17.2 Å². The number of sulfonamides is 1. The summed E-state index contributed by atoms with van der Waals surface area (Å²) in [7, 11) is -3.91. The summed E-state index contributed by atoms with van der Waals surface area (Å²) < 4.78 is 52.6. The number of nitrogens with two attached hydrogens (primary N) is 1. The van der Waals surface area contributed by atoms with Crippen LogP contribution in [-0.4, -0.2) is 8.42 Å². The minimum absolute atomic E-state index is 0.129. The van der Waals surface area contributed by atoms with Crippen LogP contribution in [0.4, 0.5) is 20.2 Å². The Balaban J connectivity index is 2.38. The molecule has 106 valence electrons. The first-order valence-electron chi connectivity index (χ1n) is 5.63. The molecule has 0 amide bonds. The first-order chi connectivity index (χ1) is 9.29. The van der Waals surface area contributed by atoms with E-state index in [0.717, 1.165) is 18.2 Å². The molecule has 0 aliphatic heterocycles. The highest BCUT2D eigenvalue weighted by Crippen LogP contribution is 2.23. The first-order valence-corrected chi connectivity index (χ1v) is 7.12. The summed E-state index contributed by atoms with van der Waals surface area (Å²) in [5.74, 6) is -1.12. The van der Waals surface area contributed by atoms with Crippen LogP contribution in [0.25, 0.3) is 0 Å². The summed E-state index contributed by atoms with van der Waals surface area (Å²) in [6.07, 6.45) is 0. The Labute approximate surface area is 115 Å². The Bertz CT molecular complexity index is 720. The van der Waals surface area contributed by atoms with E-state index in [2.05, 4.69) is 4.72 Å². The molecule has 20 heavy (non-hydrogen) atoms. The third kappa shape index (κ3) is 2.88. The first kappa shape index (κ1) is 14.3. The van der Waals surface area contributed by atoms with Gasteiger partial charge in [0, 0.05) is 5.69 Å². The summed E-state index contributed by atoms with van der Waals surface area (Å²) in [6, 6.07) is 7.04. The molecule has 0 radical (unpaired) electrons. The van der Waals surface area contributed by atoms with Crippen LogP contribution < -0.4 is 10.5 Å². The number of anilines is 2. The molecule has 0 bridgehead atoms. The molecule has 0 saturated carbocycles. The van der Waals surface area contributed by atoms with Crippen LogP contribution in [0.2, 0.25) is 0 Å². The number of hydrogen-bond donors (Lipinski definition) is 2. The van der Waals surface area contributed by atoms with Gasteiger partial charge in [0.1, 0.15) is 11.6 Å². The third-order valence-corrected chi connectivity index (χ3v) is 4.02. The molecule has 2 aromatic carbocycles. The van der Waals surface area contributed by atoms with Crippen LogP contribution in [0.15, 0.2) is 41.3 Å². The van der Waals surface area contributed by atoms with Crippen molar-refractivity contribution in [3.63, 3.8) is 0 Å². The van der Waals surface area contributed by atoms with Crippen LogP contribution in [0.5, 0.6) is 0 Å². The summed E-state index contributed by atoms with van der Waals surface area (Å²) in [6.45, 7) is 1.42. The highest BCUT2D eigenvalue weighted by atomic mass is 32.2. The second-order valence-corrected chi connectivity index (χ2v) is 5.94. The Kier molecular flexibility index (Phi) is 3.63. The van der Waals surface area contributed by atoms with E-state index in [1.165, 1.54) is 25.1 Å². The van der Waals surface area contributed by atoms with Gasteiger partial charge in [-0.25, -0.2) is 17.2 Å². The maximum Gasteiger partial charge on any atom is 0.261 e. The number of benzene rings is 2. The Morgan fingerprint density at radius 1 is 1.10 bits per heavy atom. The van der Waals surface area contributed by atoms with Crippen LogP contribution in [0.3, 0.4) is 0 Å². The molecular weight excluding hydrogens is 286 g/mol. The SMILES string of the molecule is Cc1cc(S(=O)(=O)Nc2ccc(F)cc2)cc(N)c1F. The number of nitrogens with one attached hydrogen (secondary N) is 1. The second-order valence-electron chi connectivity index (χ2n) is 4.26. The van der Waals surface area contributed by atoms with E-state index < -0.39 is 21.7 Å². The Morgan fingerprint density at radius 3 is 2.25 bits per heavy atom. The molecule has 7 heteroatoms. The van der Waals surface area contributed by atoms with Gasteiger partial charge in [-0.2, -0.15) is 0 Å². The summed E-state index contributed by atoms with van der Waals surface area (Å²) in [5.41, 5.74) is 5.50. The van der Waals surface area contributed by atoms with Gasteiger partial charge >= 0.3 is 0 Å². The molecule has 0 spiro atoms. The second kappa shape index (κ2) is 5.09. The van der Waals surface area contributed by atoms with Crippen molar-refractivity contribution in [1.29, 1.82) is 0 Å². The van der Waals surface area contributed by atoms with Crippen molar-refractivity contribution >= 4 is 21.4 Å². The van der Waals surface area contributed by atoms with E-state index in [1.54, 1.807) is 0 Å². The largest absolute Gasteiger partial charge is 0.396 e. The monoisotopic (exact) mass is 298 g/mol. The highest BCUT2D eigenvalue weighted by molar-refractivity contribution is 7.92. The van der Waals surface area contributed by atoms with Crippen LogP contribution in [-0.2, 0) is 10.0 Å². The smallest absolute Gasteiger partial charge is 0.261 e. The van der Waals surface area contributed by atoms with Crippen molar-refractivity contribution < 1.29 is 17.2 Å². The predicted molar refractivity (Wildman–Crippen MR) is 72.8 cm³/mol. The van der Waals surface area contributed by atoms with Gasteiger partial charge in [0.2, 0.25) is 0 Å². The van der Waals surface area contributed by atoms with Gasteiger partial charge in [0.05, 0.1) is 10.6 Å². The lowest BCUT2D eigenvalue weighted by Gasteiger charge is -2.10. The minimum atomic E-state index is -3.91. The van der Waals surface area contributed by atoms with Gasteiger partial charge in [-0.15, -0.1) is 0 Å². The number of rotatable bonds is 3. The van der Waals surface area contributed by atoms with Gasteiger partial charge in [0.25, 0.3) is 10.0 Å². The fourth-order valence-corrected chi connectivity index (χ4v) is 2.83. The molecular formula is C13H12F2N2O2S. The van der Waals surface area contributed by atoms with Gasteiger partial charge in [0.15, 0.2) is 0 Å². The van der Waals surface area contributed by atoms with Gasteiger partial charge in [-0.05, 0) is 48.9 Å². The Hall–Kier alpha value is -2.15. The van der Waals surface area contributed by atoms with Crippen molar-refractivity contribution in [2.75, 3.05) is 10.5 Å². The van der Waals surface area contributed by atoms with Gasteiger partial charge in [-0.1, -0.05) is 0 Å². The van der Waals surface area contributed by atoms with Crippen molar-refractivity contribution in [3.8, 4) is 0 Å². The fourth-order valence-electron chi connectivity index (χ4n) is 1.65. The molecule has 0 aliphatic rings. The maximum absolute atomic E-state index is 13.4. The zero-order valence-electron chi connectivity index (χ0n) is 10.5. The zero-order chi connectivity index (χ0) is 14.9. The van der Waals surface area contributed by atoms with Crippen LogP contribution in [0.1, 0.15) is 5.56 Å². The fraction of sp³-hybridized carbons (Fsp3) is 0.0769. The molecule has 0 heterocycles. The van der Waals surface area contributed by atoms with Gasteiger partial charge < -0.3 is 5.73 Å². The van der Waals surface area contributed by atoms with Crippen molar-refractivity contribution in [2.45, 2.75) is 11.8 Å². The third-order valence-electron chi connectivity index (χ3n) is 2.66. The minimum Gasteiger partial charge on any atom is -0.396 e. The lowest BCUT2D eigenvalue weighted by molar-refractivity contribution is 0.599. The number of hydrogen-bond acceptors (Lipinski definition) is 3. The summed E-state index contributed by atoms with van der Waals surface area (Å²) >= 11 is 0. The maximum atomic E-state index is 13.4. The molecule has 2 rings (SSSR count). The lowest BCUT2D eigenvalue weighted by Crippen LogP contribution is -2.14. The standard InChI is InChI=1S/C13H12F2N2O2S/c1-8-6-11(7-12(16)13(8)15)20(18,19)17-10-4-2-9(14)3-5-10/h2-7,17H,16H2,1H3. The number of halogens is 2. The molecule has 0 aromatic heterocycles. The topological polar surface area (TPSA) is 72.2 Å². The van der Waals surface area contributed by atoms with E-state index in [-0.39, 0.29) is 21.8 Å². The average molecular weight is 298 g/mol. The van der Waals surface area contributed by atoms with E-state index in [0.29, 0.717) is 0 Å². The van der Waals surface area contributed by atoms with Crippen molar-refractivity contribution in [1.82, 2.24) is 0 Å². The molecule has 0 atom stereocenters. The van der Waals surface area contributed by atoms with Crippen molar-refractivity contribution in [3.05, 3.63) is 53.6 Å². The molecule has 2 aromatic rings. The Morgan fingerprint density at radius 2 is 1.70 bits per heavy atom. The van der Waals surface area contributed by atoms with E-state index in [4.69, 9.17) is 5.73 Å². The quantitative estimate of drug-likeness (QED) is 0.856. The summed E-state index contributed by atoms with van der Waals surface area (Å²) in [5, 5.41) is 0. The highest BCUT2D eigenvalue weighted by Gasteiger charge is 2.17. The number of nitrogen functional groups attached to an aromatic ring is 1.